The third-order valence-electron chi connectivity index (χ3n) is 2.14. The largest absolute Gasteiger partial charge is 0.466 e. The van der Waals surface area contributed by atoms with E-state index in [4.69, 9.17) is 16.3 Å². The molecule has 0 saturated carbocycles. The molecule has 0 heterocycles. The summed E-state index contributed by atoms with van der Waals surface area (Å²) >= 11 is 5.52. The van der Waals surface area contributed by atoms with Crippen molar-refractivity contribution in [2.24, 2.45) is 0 Å². The lowest BCUT2D eigenvalue weighted by atomic mass is 10.1. The smallest absolute Gasteiger partial charge is 0.411 e. The van der Waals surface area contributed by atoms with Crippen LogP contribution in [0.1, 0.15) is 17.5 Å². The fourth-order valence-electron chi connectivity index (χ4n) is 1.33. The summed E-state index contributed by atoms with van der Waals surface area (Å²) < 4.78 is 45.3. The summed E-state index contributed by atoms with van der Waals surface area (Å²) in [6.07, 6.45) is -3.83. The standard InChI is InChI=1S/C14H14ClF3O2/c1-11-5-6-13(12(8-11)4-2-3-7-15)20-10-19-9-14(16,17)18/h5-6,8H,3,7,9-10H2,1H3. The average Bonchev–Trinajstić information content (AvgIpc) is 2.36. The molecule has 0 aliphatic carbocycles. The third kappa shape index (κ3) is 6.69. The third-order valence-corrected chi connectivity index (χ3v) is 2.33. The molecule has 2 nitrogen and oxygen atoms in total. The Kier molecular flexibility index (Phi) is 6.69. The van der Waals surface area contributed by atoms with Gasteiger partial charge in [-0.1, -0.05) is 17.9 Å². The van der Waals surface area contributed by atoms with Crippen LogP contribution in [0.3, 0.4) is 0 Å². The highest BCUT2D eigenvalue weighted by Gasteiger charge is 2.27. The van der Waals surface area contributed by atoms with Gasteiger partial charge >= 0.3 is 6.18 Å². The first-order valence-electron chi connectivity index (χ1n) is 5.85. The zero-order valence-electron chi connectivity index (χ0n) is 10.9. The van der Waals surface area contributed by atoms with Gasteiger partial charge in [0, 0.05) is 12.3 Å². The second-order valence-corrected chi connectivity index (χ2v) is 4.34. The summed E-state index contributed by atoms with van der Waals surface area (Å²) in [6, 6.07) is 5.23. The lowest BCUT2D eigenvalue weighted by molar-refractivity contribution is -0.186. The first-order valence-corrected chi connectivity index (χ1v) is 6.38. The second kappa shape index (κ2) is 8.03. The molecule has 1 rings (SSSR count). The fourth-order valence-corrected chi connectivity index (χ4v) is 1.43. The Morgan fingerprint density at radius 2 is 2.05 bits per heavy atom. The van der Waals surface area contributed by atoms with Gasteiger partial charge in [0.15, 0.2) is 6.79 Å². The molecule has 0 aliphatic rings. The maximum atomic E-state index is 11.9. The van der Waals surface area contributed by atoms with Crippen LogP contribution in [0.2, 0.25) is 0 Å². The van der Waals surface area contributed by atoms with Crippen LogP contribution >= 0.6 is 11.6 Å². The molecule has 1 aromatic rings. The highest BCUT2D eigenvalue weighted by atomic mass is 35.5. The molecule has 1 aromatic carbocycles. The highest BCUT2D eigenvalue weighted by Crippen LogP contribution is 2.20. The molecular weight excluding hydrogens is 293 g/mol. The van der Waals surface area contributed by atoms with Crippen molar-refractivity contribution in [3.05, 3.63) is 29.3 Å². The maximum absolute atomic E-state index is 11.9. The van der Waals surface area contributed by atoms with Gasteiger partial charge in [0.05, 0.1) is 5.56 Å². The molecule has 0 atom stereocenters. The lowest BCUT2D eigenvalue weighted by Gasteiger charge is -2.11. The van der Waals surface area contributed by atoms with Crippen molar-refractivity contribution in [1.29, 1.82) is 0 Å². The summed E-state index contributed by atoms with van der Waals surface area (Å²) in [5.74, 6) is 6.53. The van der Waals surface area contributed by atoms with Crippen molar-refractivity contribution in [3.8, 4) is 17.6 Å². The first-order chi connectivity index (χ1) is 9.42. The first kappa shape index (κ1) is 16.7. The Hall–Kier alpha value is -1.38. The Labute approximate surface area is 120 Å². The van der Waals surface area contributed by atoms with Crippen LogP contribution < -0.4 is 4.74 Å². The van der Waals surface area contributed by atoms with Gasteiger partial charge in [0.1, 0.15) is 12.4 Å². The van der Waals surface area contributed by atoms with E-state index in [-0.39, 0.29) is 0 Å². The summed E-state index contributed by atoms with van der Waals surface area (Å²) in [4.78, 5) is 0. The van der Waals surface area contributed by atoms with Crippen LogP contribution in [0.5, 0.6) is 5.75 Å². The monoisotopic (exact) mass is 306 g/mol. The molecule has 0 fully saturated rings. The zero-order valence-corrected chi connectivity index (χ0v) is 11.6. The fraction of sp³-hybridized carbons (Fsp3) is 0.429. The minimum Gasteiger partial charge on any atom is -0.466 e. The highest BCUT2D eigenvalue weighted by molar-refractivity contribution is 6.18. The maximum Gasteiger partial charge on any atom is 0.411 e. The Balaban J connectivity index is 2.63. The molecule has 0 saturated heterocycles. The van der Waals surface area contributed by atoms with E-state index in [0.717, 1.165) is 5.56 Å². The van der Waals surface area contributed by atoms with Gasteiger partial charge in [-0.05, 0) is 24.6 Å². The van der Waals surface area contributed by atoms with Crippen LogP contribution in [0, 0.1) is 18.8 Å². The number of rotatable bonds is 5. The quantitative estimate of drug-likeness (QED) is 0.356. The van der Waals surface area contributed by atoms with Crippen molar-refractivity contribution in [2.45, 2.75) is 19.5 Å². The van der Waals surface area contributed by atoms with Crippen LogP contribution in [0.4, 0.5) is 13.2 Å². The van der Waals surface area contributed by atoms with E-state index in [1.165, 1.54) is 0 Å². The molecule has 0 unspecified atom stereocenters. The van der Waals surface area contributed by atoms with Crippen LogP contribution in [-0.4, -0.2) is 25.5 Å². The van der Waals surface area contributed by atoms with E-state index in [2.05, 4.69) is 16.6 Å². The van der Waals surface area contributed by atoms with Crippen molar-refractivity contribution >= 4 is 11.6 Å². The van der Waals surface area contributed by atoms with E-state index in [1.807, 2.05) is 6.92 Å². The number of halogens is 4. The second-order valence-electron chi connectivity index (χ2n) is 3.97. The average molecular weight is 307 g/mol. The van der Waals surface area contributed by atoms with Crippen LogP contribution in [0.15, 0.2) is 18.2 Å². The zero-order chi connectivity index (χ0) is 15.0. The Morgan fingerprint density at radius 1 is 1.30 bits per heavy atom. The van der Waals surface area contributed by atoms with Gasteiger partial charge < -0.3 is 9.47 Å². The Bertz CT molecular complexity index is 489. The number of hydrogen-bond donors (Lipinski definition) is 0. The van der Waals surface area contributed by atoms with Crippen LogP contribution in [0.25, 0.3) is 0 Å². The predicted molar refractivity (Wildman–Crippen MR) is 70.9 cm³/mol. The minimum atomic E-state index is -4.36. The van der Waals surface area contributed by atoms with Gasteiger partial charge in [0.2, 0.25) is 0 Å². The van der Waals surface area contributed by atoms with Crippen molar-refractivity contribution in [3.63, 3.8) is 0 Å². The molecule has 0 aliphatic heterocycles. The van der Waals surface area contributed by atoms with Crippen molar-refractivity contribution in [2.75, 3.05) is 19.3 Å². The number of aryl methyl sites for hydroxylation is 1. The lowest BCUT2D eigenvalue weighted by Crippen LogP contribution is -2.19. The molecule has 0 aromatic heterocycles. The normalized spacial score (nSPS) is 10.8. The van der Waals surface area contributed by atoms with Gasteiger partial charge in [-0.25, -0.2) is 0 Å². The molecular formula is C14H14ClF3O2. The topological polar surface area (TPSA) is 18.5 Å². The number of benzene rings is 1. The molecule has 0 spiro atoms. The number of alkyl halides is 4. The molecule has 20 heavy (non-hydrogen) atoms. The van der Waals surface area contributed by atoms with E-state index in [9.17, 15) is 13.2 Å². The van der Waals surface area contributed by atoms with Crippen LogP contribution in [-0.2, 0) is 4.74 Å². The van der Waals surface area contributed by atoms with E-state index < -0.39 is 19.6 Å². The van der Waals surface area contributed by atoms with E-state index in [0.29, 0.717) is 23.6 Å². The van der Waals surface area contributed by atoms with Gasteiger partial charge in [-0.15, -0.1) is 11.6 Å². The Morgan fingerprint density at radius 3 is 2.70 bits per heavy atom. The van der Waals surface area contributed by atoms with E-state index in [1.54, 1.807) is 18.2 Å². The summed E-state index contributed by atoms with van der Waals surface area (Å²) in [5, 5.41) is 0. The molecule has 0 N–H and O–H groups in total. The minimum absolute atomic E-state index is 0.389. The van der Waals surface area contributed by atoms with Gasteiger partial charge in [-0.3, -0.25) is 0 Å². The summed E-state index contributed by atoms with van der Waals surface area (Å²) in [7, 11) is 0. The molecule has 0 amide bonds. The van der Waals surface area contributed by atoms with E-state index >= 15 is 0 Å². The molecule has 0 radical (unpaired) electrons. The van der Waals surface area contributed by atoms with Gasteiger partial charge in [-0.2, -0.15) is 13.2 Å². The van der Waals surface area contributed by atoms with Gasteiger partial charge in [0.25, 0.3) is 0 Å². The van der Waals surface area contributed by atoms with Crippen molar-refractivity contribution < 1.29 is 22.6 Å². The predicted octanol–water partition coefficient (Wildman–Crippen LogP) is 3.89. The molecule has 0 bridgehead atoms. The SMILES string of the molecule is Cc1ccc(OCOCC(F)(F)F)c(C#CCCCl)c1. The van der Waals surface area contributed by atoms with Crippen molar-refractivity contribution in [1.82, 2.24) is 0 Å². The molecule has 110 valence electrons. The molecule has 6 heteroatoms. The number of ether oxygens (including phenoxy) is 2. The number of hydrogen-bond acceptors (Lipinski definition) is 2. The summed E-state index contributed by atoms with van der Waals surface area (Å²) in [5.41, 5.74) is 1.58. The summed E-state index contributed by atoms with van der Waals surface area (Å²) in [6.45, 7) is 0.0650.